The Hall–Kier alpha value is -9.08. The van der Waals surface area contributed by atoms with Crippen LogP contribution in [-0.4, -0.2) is 0 Å². The third-order valence-electron chi connectivity index (χ3n) is 17.3. The van der Waals surface area contributed by atoms with Crippen LogP contribution in [0, 0.1) is 0 Å². The van der Waals surface area contributed by atoms with E-state index in [0.29, 0.717) is 0 Å². The second-order valence-corrected chi connectivity index (χ2v) is 21.6. The average molecular weight is 954 g/mol. The minimum absolute atomic E-state index is 0.498. The molecule has 0 amide bonds. The van der Waals surface area contributed by atoms with Crippen molar-refractivity contribution in [1.29, 1.82) is 0 Å². The van der Waals surface area contributed by atoms with Crippen LogP contribution in [0.1, 0.15) is 44.5 Å². The van der Waals surface area contributed by atoms with Gasteiger partial charge in [0.25, 0.3) is 0 Å². The summed E-state index contributed by atoms with van der Waals surface area (Å²) in [4.78, 5) is 2.61. The van der Waals surface area contributed by atoms with Crippen molar-refractivity contribution in [2.24, 2.45) is 0 Å². The molecular formula is C72H43NS. The summed E-state index contributed by atoms with van der Waals surface area (Å²) in [6.45, 7) is 0. The summed E-state index contributed by atoms with van der Waals surface area (Å²) in [5.74, 6) is 0. The largest absolute Gasteiger partial charge is 0.310 e. The van der Waals surface area contributed by atoms with E-state index in [-0.39, 0.29) is 0 Å². The first-order valence-electron chi connectivity index (χ1n) is 25.8. The molecule has 342 valence electrons. The third-order valence-corrected chi connectivity index (χ3v) is 18.5. The Morgan fingerprint density at radius 3 is 1.11 bits per heavy atom. The molecule has 12 aromatic carbocycles. The molecule has 0 atom stereocenters. The minimum Gasteiger partial charge on any atom is -0.310 e. The van der Waals surface area contributed by atoms with Crippen molar-refractivity contribution in [2.75, 3.05) is 4.90 Å². The summed E-state index contributed by atoms with van der Waals surface area (Å²) in [7, 11) is 0. The second-order valence-electron chi connectivity index (χ2n) is 20.5. The Labute approximate surface area is 433 Å². The fourth-order valence-corrected chi connectivity index (χ4v) is 15.8. The molecule has 74 heavy (non-hydrogen) atoms. The van der Waals surface area contributed by atoms with E-state index in [1.807, 2.05) is 11.3 Å². The topological polar surface area (TPSA) is 3.24 Å². The van der Waals surface area contributed by atoms with E-state index in [4.69, 9.17) is 0 Å². The Kier molecular flexibility index (Phi) is 8.08. The number of hydrogen-bond donors (Lipinski definition) is 0. The lowest BCUT2D eigenvalue weighted by Gasteiger charge is -2.34. The van der Waals surface area contributed by atoms with Gasteiger partial charge in [0, 0.05) is 42.3 Å². The number of fused-ring (bicyclic) bond motifs is 25. The van der Waals surface area contributed by atoms with Gasteiger partial charge < -0.3 is 4.90 Å². The van der Waals surface area contributed by atoms with Crippen LogP contribution in [0.15, 0.2) is 261 Å². The molecule has 17 rings (SSSR count). The molecule has 1 nitrogen and oxygen atoms in total. The van der Waals surface area contributed by atoms with E-state index in [1.165, 1.54) is 131 Å². The molecule has 4 aliphatic carbocycles. The predicted molar refractivity (Wildman–Crippen MR) is 310 cm³/mol. The SMILES string of the molecule is c1ccc(-c2cccc3sc4c5ccccc5c(N(c5ccc6c(c5)C5(c7ccccc7-c7ccccc75)c5ccccc5-6)c5ccc6c(c5)C5(c7ccccc7-c7ccccc75)c5ccccc5-6)cc4c23)cc1. The van der Waals surface area contributed by atoms with Crippen LogP contribution in [0.5, 0.6) is 0 Å². The van der Waals surface area contributed by atoms with Crippen LogP contribution < -0.4 is 4.90 Å². The van der Waals surface area contributed by atoms with Gasteiger partial charge in [-0.25, -0.2) is 0 Å². The van der Waals surface area contributed by atoms with Gasteiger partial charge in [0.1, 0.15) is 0 Å². The fraction of sp³-hybridized carbons (Fsp3) is 0.0278. The predicted octanol–water partition coefficient (Wildman–Crippen LogP) is 19.0. The summed E-state index contributed by atoms with van der Waals surface area (Å²) >= 11 is 1.91. The summed E-state index contributed by atoms with van der Waals surface area (Å²) in [6, 6.07) is 99.1. The first-order valence-corrected chi connectivity index (χ1v) is 26.6. The van der Waals surface area contributed by atoms with Gasteiger partial charge in [0.15, 0.2) is 0 Å². The molecule has 4 aliphatic rings. The number of rotatable bonds is 4. The van der Waals surface area contributed by atoms with E-state index < -0.39 is 10.8 Å². The fourth-order valence-electron chi connectivity index (χ4n) is 14.5. The van der Waals surface area contributed by atoms with Crippen LogP contribution in [0.4, 0.5) is 17.1 Å². The van der Waals surface area contributed by atoms with Crippen LogP contribution in [0.25, 0.3) is 86.6 Å². The maximum absolute atomic E-state index is 2.61. The van der Waals surface area contributed by atoms with Crippen LogP contribution in [-0.2, 0) is 10.8 Å². The number of benzene rings is 12. The highest BCUT2D eigenvalue weighted by atomic mass is 32.1. The molecule has 0 unspecified atom stereocenters. The lowest BCUT2D eigenvalue weighted by atomic mass is 9.70. The molecule has 0 bridgehead atoms. The van der Waals surface area contributed by atoms with Crippen LogP contribution in [0.3, 0.4) is 0 Å². The molecule has 0 fully saturated rings. The Balaban J connectivity index is 0.997. The van der Waals surface area contributed by atoms with Gasteiger partial charge in [-0.2, -0.15) is 0 Å². The Morgan fingerprint density at radius 1 is 0.270 bits per heavy atom. The normalized spacial score (nSPS) is 14.2. The molecule has 0 saturated heterocycles. The lowest BCUT2D eigenvalue weighted by Crippen LogP contribution is -2.26. The average Bonchev–Trinajstić information content (AvgIpc) is 4.27. The zero-order valence-electron chi connectivity index (χ0n) is 40.2. The molecule has 0 aliphatic heterocycles. The highest BCUT2D eigenvalue weighted by Crippen LogP contribution is 2.66. The minimum atomic E-state index is -0.498. The van der Waals surface area contributed by atoms with Gasteiger partial charge in [0.2, 0.25) is 0 Å². The molecular weight excluding hydrogens is 911 g/mol. The van der Waals surface area contributed by atoms with Crippen molar-refractivity contribution in [2.45, 2.75) is 10.8 Å². The molecule has 0 radical (unpaired) electrons. The van der Waals surface area contributed by atoms with Crippen molar-refractivity contribution in [3.8, 4) is 55.6 Å². The van der Waals surface area contributed by atoms with Gasteiger partial charge in [0.05, 0.1) is 16.5 Å². The van der Waals surface area contributed by atoms with E-state index in [9.17, 15) is 0 Å². The first kappa shape index (κ1) is 40.5. The monoisotopic (exact) mass is 953 g/mol. The van der Waals surface area contributed by atoms with Crippen molar-refractivity contribution in [1.82, 2.24) is 0 Å². The molecule has 0 saturated carbocycles. The smallest absolute Gasteiger partial charge is 0.0726 e. The van der Waals surface area contributed by atoms with Crippen LogP contribution in [0.2, 0.25) is 0 Å². The standard InChI is InChI=1S/C72H43NS/c1-2-19-44(20-3-1)47-29-18-36-68-69(47)58-43-67(56-27-4-5-28-57(56)70(58)74-68)73(45-37-39-54-52-25-10-16-34-63(52)71(65(54)41-45)59-30-12-6-21-48(59)49-22-7-13-31-60(49)71)46-38-40-55-53-26-11-17-35-64(53)72(66(55)42-46)61-32-14-8-23-50(61)51-24-9-15-33-62(51)72/h1-43H. The highest BCUT2D eigenvalue weighted by Gasteiger charge is 2.53. The lowest BCUT2D eigenvalue weighted by molar-refractivity contribution is 0.792. The number of nitrogens with zero attached hydrogens (tertiary/aromatic N) is 1. The van der Waals surface area contributed by atoms with Crippen molar-refractivity contribution in [3.05, 3.63) is 305 Å². The summed E-state index contributed by atoms with van der Waals surface area (Å²) < 4.78 is 2.61. The van der Waals surface area contributed by atoms with Gasteiger partial charge in [-0.3, -0.25) is 0 Å². The van der Waals surface area contributed by atoms with Gasteiger partial charge in [-0.15, -0.1) is 11.3 Å². The van der Waals surface area contributed by atoms with Crippen LogP contribution >= 0.6 is 11.3 Å². The molecule has 0 N–H and O–H groups in total. The van der Waals surface area contributed by atoms with Crippen molar-refractivity contribution < 1.29 is 0 Å². The summed E-state index contributed by atoms with van der Waals surface area (Å²) in [5.41, 5.74) is 26.0. The number of anilines is 3. The maximum Gasteiger partial charge on any atom is 0.0726 e. The molecule has 2 spiro atoms. The summed E-state index contributed by atoms with van der Waals surface area (Å²) in [5, 5.41) is 5.06. The maximum atomic E-state index is 2.61. The molecule has 1 heterocycles. The summed E-state index contributed by atoms with van der Waals surface area (Å²) in [6.07, 6.45) is 0. The van der Waals surface area contributed by atoms with Gasteiger partial charge in [-0.1, -0.05) is 224 Å². The van der Waals surface area contributed by atoms with Gasteiger partial charge >= 0.3 is 0 Å². The van der Waals surface area contributed by atoms with E-state index >= 15 is 0 Å². The second kappa shape index (κ2) is 14.8. The Bertz CT molecular complexity index is 4250. The van der Waals surface area contributed by atoms with E-state index in [0.717, 1.165) is 17.1 Å². The molecule has 1 aromatic heterocycles. The van der Waals surface area contributed by atoms with Crippen molar-refractivity contribution in [3.63, 3.8) is 0 Å². The first-order chi connectivity index (χ1) is 36.7. The zero-order chi connectivity index (χ0) is 48.3. The highest BCUT2D eigenvalue weighted by molar-refractivity contribution is 7.26. The van der Waals surface area contributed by atoms with E-state index in [2.05, 4.69) is 266 Å². The van der Waals surface area contributed by atoms with Crippen molar-refractivity contribution >= 4 is 59.3 Å². The number of thiophene rings is 1. The van der Waals surface area contributed by atoms with E-state index in [1.54, 1.807) is 0 Å². The van der Waals surface area contributed by atoms with Gasteiger partial charge in [-0.05, 0) is 137 Å². The number of hydrogen-bond acceptors (Lipinski definition) is 2. The quantitative estimate of drug-likeness (QED) is 0.170. The zero-order valence-corrected chi connectivity index (χ0v) is 41.0. The molecule has 13 aromatic rings. The molecule has 2 heteroatoms. The Morgan fingerprint density at radius 2 is 0.649 bits per heavy atom. The third kappa shape index (κ3) is 4.99.